The van der Waals surface area contributed by atoms with E-state index in [0.717, 1.165) is 10.4 Å². The van der Waals surface area contributed by atoms with Crippen molar-refractivity contribution < 1.29 is 18.1 Å². The maximum Gasteiger partial charge on any atom is 0.270 e. The van der Waals surface area contributed by atoms with Crippen molar-refractivity contribution in [2.75, 3.05) is 18.0 Å². The number of nitro groups is 1. The summed E-state index contributed by atoms with van der Waals surface area (Å²) in [5, 5.41) is 10.8. The summed E-state index contributed by atoms with van der Waals surface area (Å²) >= 11 is 0. The molecule has 0 radical (unpaired) electrons. The highest BCUT2D eigenvalue weighted by Crippen LogP contribution is 2.26. The zero-order valence-electron chi connectivity index (χ0n) is 12.7. The molecular weight excluding hydrogens is 320 g/mol. The van der Waals surface area contributed by atoms with Crippen LogP contribution in [0.4, 0.5) is 11.4 Å². The molecular formula is C15H16N2O5S. The lowest BCUT2D eigenvalue weighted by atomic mass is 10.3. The third kappa shape index (κ3) is 3.59. The van der Waals surface area contributed by atoms with Crippen LogP contribution in [0.2, 0.25) is 0 Å². The van der Waals surface area contributed by atoms with Gasteiger partial charge in [-0.25, -0.2) is 8.42 Å². The molecule has 0 aliphatic heterocycles. The minimum atomic E-state index is -3.89. The number of non-ortho nitro benzene ring substituents is 1. The van der Waals surface area contributed by atoms with Crippen LogP contribution in [0.3, 0.4) is 0 Å². The molecule has 2 aromatic carbocycles. The van der Waals surface area contributed by atoms with Gasteiger partial charge in [0.1, 0.15) is 5.75 Å². The van der Waals surface area contributed by atoms with E-state index in [1.165, 1.54) is 25.2 Å². The normalized spacial score (nSPS) is 11.0. The number of nitro benzene ring substituents is 1. The first kappa shape index (κ1) is 16.8. The fourth-order valence-electron chi connectivity index (χ4n) is 1.97. The van der Waals surface area contributed by atoms with Gasteiger partial charge < -0.3 is 4.74 Å². The Morgan fingerprint density at radius 1 is 1.17 bits per heavy atom. The van der Waals surface area contributed by atoms with E-state index in [1.54, 1.807) is 24.3 Å². The average Bonchev–Trinajstić information content (AvgIpc) is 2.55. The lowest BCUT2D eigenvalue weighted by molar-refractivity contribution is -0.385. The minimum Gasteiger partial charge on any atom is -0.494 e. The smallest absolute Gasteiger partial charge is 0.270 e. The van der Waals surface area contributed by atoms with Gasteiger partial charge in [0, 0.05) is 19.2 Å². The minimum absolute atomic E-state index is 0.136. The Balaban J connectivity index is 2.34. The van der Waals surface area contributed by atoms with Gasteiger partial charge in [-0.15, -0.1) is 0 Å². The number of hydrogen-bond donors (Lipinski definition) is 0. The molecule has 0 aliphatic rings. The predicted octanol–water partition coefficient (Wildman–Crippen LogP) is 2.82. The standard InChI is InChI=1S/C15H16N2O5S/c1-3-22-14-9-7-12(8-10-14)16(2)23(20,21)15-6-4-5-13(11-15)17(18)19/h4-11H,3H2,1-2H3. The summed E-state index contributed by atoms with van der Waals surface area (Å²) in [6.07, 6.45) is 0. The zero-order chi connectivity index (χ0) is 17.0. The van der Waals surface area contributed by atoms with Crippen molar-refractivity contribution in [3.05, 3.63) is 58.6 Å². The van der Waals surface area contributed by atoms with E-state index in [2.05, 4.69) is 0 Å². The lowest BCUT2D eigenvalue weighted by Crippen LogP contribution is -2.26. The summed E-state index contributed by atoms with van der Waals surface area (Å²) in [6.45, 7) is 2.37. The molecule has 122 valence electrons. The summed E-state index contributed by atoms with van der Waals surface area (Å²) in [6, 6.07) is 11.5. The van der Waals surface area contributed by atoms with Crippen molar-refractivity contribution >= 4 is 21.4 Å². The molecule has 0 saturated heterocycles. The summed E-state index contributed by atoms with van der Waals surface area (Å²) in [5.41, 5.74) is 0.158. The van der Waals surface area contributed by atoms with Crippen LogP contribution in [0.25, 0.3) is 0 Å². The Hall–Kier alpha value is -2.61. The van der Waals surface area contributed by atoms with Crippen molar-refractivity contribution in [1.82, 2.24) is 0 Å². The first-order valence-electron chi connectivity index (χ1n) is 6.82. The first-order valence-corrected chi connectivity index (χ1v) is 8.26. The van der Waals surface area contributed by atoms with Gasteiger partial charge in [-0.1, -0.05) is 6.07 Å². The second kappa shape index (κ2) is 6.66. The number of hydrogen-bond acceptors (Lipinski definition) is 5. The number of rotatable bonds is 6. The van der Waals surface area contributed by atoms with Crippen LogP contribution in [-0.4, -0.2) is 27.0 Å². The molecule has 0 bridgehead atoms. The predicted molar refractivity (Wildman–Crippen MR) is 86.3 cm³/mol. The molecule has 0 unspecified atom stereocenters. The molecule has 0 heterocycles. The van der Waals surface area contributed by atoms with Crippen molar-refractivity contribution in [3.63, 3.8) is 0 Å². The maximum atomic E-state index is 12.6. The number of sulfonamides is 1. The Morgan fingerprint density at radius 3 is 2.39 bits per heavy atom. The zero-order valence-corrected chi connectivity index (χ0v) is 13.5. The largest absolute Gasteiger partial charge is 0.494 e. The van der Waals surface area contributed by atoms with Gasteiger partial charge in [0.2, 0.25) is 0 Å². The summed E-state index contributed by atoms with van der Waals surface area (Å²) in [7, 11) is -2.49. The molecule has 8 heteroatoms. The van der Waals surface area contributed by atoms with E-state index in [4.69, 9.17) is 4.74 Å². The summed E-state index contributed by atoms with van der Waals surface area (Å²) in [4.78, 5) is 10.0. The summed E-state index contributed by atoms with van der Waals surface area (Å²) < 4.78 is 31.6. The van der Waals surface area contributed by atoms with E-state index < -0.39 is 14.9 Å². The molecule has 0 fully saturated rings. The molecule has 2 aromatic rings. The molecule has 0 aliphatic carbocycles. The van der Waals surface area contributed by atoms with Crippen molar-refractivity contribution in [1.29, 1.82) is 0 Å². The molecule has 0 amide bonds. The van der Waals surface area contributed by atoms with Gasteiger partial charge in [-0.3, -0.25) is 14.4 Å². The van der Waals surface area contributed by atoms with Gasteiger partial charge in [0.25, 0.3) is 15.7 Å². The monoisotopic (exact) mass is 336 g/mol. The van der Waals surface area contributed by atoms with Crippen molar-refractivity contribution in [2.45, 2.75) is 11.8 Å². The maximum absolute atomic E-state index is 12.6. The van der Waals surface area contributed by atoms with Gasteiger partial charge in [0.05, 0.1) is 22.1 Å². The number of benzene rings is 2. The highest BCUT2D eigenvalue weighted by Gasteiger charge is 2.23. The second-order valence-corrected chi connectivity index (χ2v) is 6.62. The third-order valence-electron chi connectivity index (χ3n) is 3.20. The molecule has 0 aromatic heterocycles. The van der Waals surface area contributed by atoms with Crippen LogP contribution in [0, 0.1) is 10.1 Å². The number of anilines is 1. The van der Waals surface area contributed by atoms with Crippen LogP contribution in [0.15, 0.2) is 53.4 Å². The van der Waals surface area contributed by atoms with Gasteiger partial charge >= 0.3 is 0 Å². The average molecular weight is 336 g/mol. The van der Waals surface area contributed by atoms with E-state index >= 15 is 0 Å². The Morgan fingerprint density at radius 2 is 1.83 bits per heavy atom. The van der Waals surface area contributed by atoms with Crippen LogP contribution < -0.4 is 9.04 Å². The first-order chi connectivity index (χ1) is 10.9. The van der Waals surface area contributed by atoms with Crippen molar-refractivity contribution in [3.8, 4) is 5.75 Å². The third-order valence-corrected chi connectivity index (χ3v) is 4.98. The van der Waals surface area contributed by atoms with Crippen LogP contribution >= 0.6 is 0 Å². The van der Waals surface area contributed by atoms with Crippen LogP contribution in [0.5, 0.6) is 5.75 Å². The fourth-order valence-corrected chi connectivity index (χ4v) is 3.21. The molecule has 23 heavy (non-hydrogen) atoms. The molecule has 7 nitrogen and oxygen atoms in total. The second-order valence-electron chi connectivity index (χ2n) is 4.65. The van der Waals surface area contributed by atoms with Gasteiger partial charge in [-0.05, 0) is 37.3 Å². The molecule has 0 spiro atoms. The molecule has 0 saturated carbocycles. The van der Waals surface area contributed by atoms with Crippen LogP contribution in [-0.2, 0) is 10.0 Å². The van der Waals surface area contributed by atoms with E-state index in [1.807, 2.05) is 6.92 Å². The number of nitrogens with zero attached hydrogens (tertiary/aromatic N) is 2. The Bertz CT molecular complexity index is 803. The van der Waals surface area contributed by atoms with Crippen LogP contribution in [0.1, 0.15) is 6.92 Å². The van der Waals surface area contributed by atoms with Gasteiger partial charge in [0.15, 0.2) is 0 Å². The van der Waals surface area contributed by atoms with E-state index in [0.29, 0.717) is 18.0 Å². The molecule has 0 atom stereocenters. The Kier molecular flexibility index (Phi) is 4.85. The SMILES string of the molecule is CCOc1ccc(N(C)S(=O)(=O)c2cccc([N+](=O)[O-])c2)cc1. The molecule has 2 rings (SSSR count). The lowest BCUT2D eigenvalue weighted by Gasteiger charge is -2.19. The molecule has 0 N–H and O–H groups in total. The van der Waals surface area contributed by atoms with E-state index in [9.17, 15) is 18.5 Å². The van der Waals surface area contributed by atoms with Gasteiger partial charge in [-0.2, -0.15) is 0 Å². The Labute approximate surface area is 134 Å². The summed E-state index contributed by atoms with van der Waals surface area (Å²) in [5.74, 6) is 0.636. The topological polar surface area (TPSA) is 89.8 Å². The number of ether oxygens (including phenoxy) is 1. The highest BCUT2D eigenvalue weighted by atomic mass is 32.2. The quantitative estimate of drug-likeness (QED) is 0.597. The highest BCUT2D eigenvalue weighted by molar-refractivity contribution is 7.92. The fraction of sp³-hybridized carbons (Fsp3) is 0.200. The van der Waals surface area contributed by atoms with Crippen molar-refractivity contribution in [2.24, 2.45) is 0 Å². The van der Waals surface area contributed by atoms with E-state index in [-0.39, 0.29) is 10.6 Å².